The van der Waals surface area contributed by atoms with Crippen LogP contribution in [0.3, 0.4) is 0 Å². The summed E-state index contributed by atoms with van der Waals surface area (Å²) >= 11 is 6.37. The molecule has 0 aromatic heterocycles. The first kappa shape index (κ1) is 20.1. The van der Waals surface area contributed by atoms with Crippen molar-refractivity contribution in [2.24, 2.45) is 0 Å². The molecule has 7 heteroatoms. The average Bonchev–Trinajstić information content (AvgIpc) is 2.97. The molecule has 1 amide bonds. The van der Waals surface area contributed by atoms with E-state index in [0.29, 0.717) is 16.1 Å². The lowest BCUT2D eigenvalue weighted by molar-refractivity contribution is -0.149. The third-order valence-electron chi connectivity index (χ3n) is 4.66. The number of ether oxygens (including phenoxy) is 2. The number of aliphatic hydroxyl groups excluding tert-OH is 1. The Labute approximate surface area is 167 Å². The van der Waals surface area contributed by atoms with Crippen molar-refractivity contribution >= 4 is 29.1 Å². The maximum atomic E-state index is 12.8. The molecule has 2 aromatic rings. The lowest BCUT2D eigenvalue weighted by atomic mass is 9.95. The van der Waals surface area contributed by atoms with Crippen molar-refractivity contribution in [3.05, 3.63) is 76.3 Å². The summed E-state index contributed by atoms with van der Waals surface area (Å²) in [6, 6.07) is 14.6. The first-order valence-electron chi connectivity index (χ1n) is 8.63. The second-order valence-electron chi connectivity index (χ2n) is 6.24. The summed E-state index contributed by atoms with van der Waals surface area (Å²) in [5, 5.41) is 11.3. The number of likely N-dealkylation sites (tertiary alicyclic amines) is 1. The van der Waals surface area contributed by atoms with E-state index in [1.54, 1.807) is 54.6 Å². The van der Waals surface area contributed by atoms with Gasteiger partial charge in [0.25, 0.3) is 11.7 Å². The van der Waals surface area contributed by atoms with Gasteiger partial charge in [0.1, 0.15) is 5.76 Å². The number of Topliss-reactive ketones (excluding diaryl/α,β-unsaturated/α-hetero) is 1. The molecular weight excluding hydrogens is 382 g/mol. The summed E-state index contributed by atoms with van der Waals surface area (Å²) in [6.45, 7) is -0.000959. The third-order valence-corrected chi connectivity index (χ3v) is 5.00. The minimum absolute atomic E-state index is 0.000959. The Morgan fingerprint density at radius 1 is 1.07 bits per heavy atom. The predicted octanol–water partition coefficient (Wildman–Crippen LogP) is 3.38. The second-order valence-corrected chi connectivity index (χ2v) is 6.65. The van der Waals surface area contributed by atoms with Crippen LogP contribution in [0.2, 0.25) is 5.02 Å². The van der Waals surface area contributed by atoms with Crippen LogP contribution in [0.4, 0.5) is 0 Å². The van der Waals surface area contributed by atoms with Crippen LogP contribution >= 0.6 is 11.6 Å². The number of amides is 1. The Balaban J connectivity index is 2.18. The molecule has 0 unspecified atom stereocenters. The van der Waals surface area contributed by atoms with E-state index in [9.17, 15) is 14.7 Å². The van der Waals surface area contributed by atoms with Gasteiger partial charge in [0.2, 0.25) is 0 Å². The number of hydrogen-bond donors (Lipinski definition) is 1. The number of aliphatic hydroxyl groups is 1. The molecule has 28 heavy (non-hydrogen) atoms. The molecule has 0 radical (unpaired) electrons. The van der Waals surface area contributed by atoms with E-state index in [1.807, 2.05) is 0 Å². The van der Waals surface area contributed by atoms with Crippen LogP contribution in [0.25, 0.3) is 5.76 Å². The van der Waals surface area contributed by atoms with Crippen molar-refractivity contribution in [1.29, 1.82) is 0 Å². The van der Waals surface area contributed by atoms with E-state index >= 15 is 0 Å². The zero-order valence-electron chi connectivity index (χ0n) is 15.5. The number of carbonyl (C=O) groups is 2. The SMILES string of the molecule is COC(CN1C(=O)C(=O)C(=C(O)c2ccccc2)[C@@H]1c1ccccc1Cl)OC. The van der Waals surface area contributed by atoms with Crippen LogP contribution in [-0.4, -0.2) is 48.8 Å². The molecule has 1 saturated heterocycles. The van der Waals surface area contributed by atoms with Gasteiger partial charge in [-0.15, -0.1) is 0 Å². The number of halogens is 1. The van der Waals surface area contributed by atoms with Gasteiger partial charge in [-0.3, -0.25) is 9.59 Å². The zero-order chi connectivity index (χ0) is 20.3. The molecule has 0 saturated carbocycles. The molecule has 0 aliphatic carbocycles. The topological polar surface area (TPSA) is 76.1 Å². The lowest BCUT2D eigenvalue weighted by Crippen LogP contribution is -2.38. The fourth-order valence-corrected chi connectivity index (χ4v) is 3.49. The van der Waals surface area contributed by atoms with Gasteiger partial charge in [-0.1, -0.05) is 60.1 Å². The summed E-state index contributed by atoms with van der Waals surface area (Å²) < 4.78 is 10.4. The van der Waals surface area contributed by atoms with Gasteiger partial charge >= 0.3 is 0 Å². The van der Waals surface area contributed by atoms with E-state index in [2.05, 4.69) is 0 Å². The van der Waals surface area contributed by atoms with Crippen LogP contribution in [-0.2, 0) is 19.1 Å². The molecule has 1 aliphatic rings. The number of benzene rings is 2. The Morgan fingerprint density at radius 2 is 1.68 bits per heavy atom. The van der Waals surface area contributed by atoms with Crippen LogP contribution < -0.4 is 0 Å². The second kappa shape index (κ2) is 8.56. The number of carbonyl (C=O) groups excluding carboxylic acids is 2. The quantitative estimate of drug-likeness (QED) is 0.347. The molecule has 1 N–H and O–H groups in total. The van der Waals surface area contributed by atoms with E-state index in [-0.39, 0.29) is 17.9 Å². The highest BCUT2D eigenvalue weighted by Gasteiger charge is 2.47. The van der Waals surface area contributed by atoms with E-state index < -0.39 is 24.0 Å². The number of methoxy groups -OCH3 is 2. The van der Waals surface area contributed by atoms with E-state index in [4.69, 9.17) is 21.1 Å². The van der Waals surface area contributed by atoms with Crippen molar-refractivity contribution < 1.29 is 24.2 Å². The summed E-state index contributed by atoms with van der Waals surface area (Å²) in [6.07, 6.45) is -0.736. The average molecular weight is 402 g/mol. The fraction of sp³-hybridized carbons (Fsp3) is 0.238. The molecule has 1 heterocycles. The molecule has 146 valence electrons. The normalized spacial score (nSPS) is 18.9. The minimum Gasteiger partial charge on any atom is -0.507 e. The molecule has 6 nitrogen and oxygen atoms in total. The number of nitrogens with zero attached hydrogens (tertiary/aromatic N) is 1. The monoisotopic (exact) mass is 401 g/mol. The molecule has 3 rings (SSSR count). The van der Waals surface area contributed by atoms with Crippen molar-refractivity contribution in [3.63, 3.8) is 0 Å². The van der Waals surface area contributed by atoms with Gasteiger partial charge in [0.15, 0.2) is 6.29 Å². The van der Waals surface area contributed by atoms with E-state index in [1.165, 1.54) is 19.1 Å². The van der Waals surface area contributed by atoms with Gasteiger partial charge in [0, 0.05) is 24.8 Å². The minimum atomic E-state index is -0.860. The summed E-state index contributed by atoms with van der Waals surface area (Å²) in [7, 11) is 2.89. The summed E-state index contributed by atoms with van der Waals surface area (Å²) in [4.78, 5) is 27.0. The van der Waals surface area contributed by atoms with Crippen molar-refractivity contribution in [2.45, 2.75) is 12.3 Å². The van der Waals surface area contributed by atoms with Gasteiger partial charge in [-0.05, 0) is 11.6 Å². The van der Waals surface area contributed by atoms with Gasteiger partial charge in [-0.2, -0.15) is 0 Å². The molecular formula is C21H20ClNO5. The largest absolute Gasteiger partial charge is 0.507 e. The van der Waals surface area contributed by atoms with Crippen LogP contribution in [0.5, 0.6) is 0 Å². The maximum Gasteiger partial charge on any atom is 0.295 e. The van der Waals surface area contributed by atoms with Crippen LogP contribution in [0, 0.1) is 0 Å². The Morgan fingerprint density at radius 3 is 2.29 bits per heavy atom. The number of hydrogen-bond acceptors (Lipinski definition) is 5. The van der Waals surface area contributed by atoms with E-state index in [0.717, 1.165) is 0 Å². The van der Waals surface area contributed by atoms with Crippen LogP contribution in [0.1, 0.15) is 17.2 Å². The fourth-order valence-electron chi connectivity index (χ4n) is 3.25. The standard InChI is InChI=1S/C21H20ClNO5/c1-27-16(28-2)12-23-18(14-10-6-7-11-15(14)22)17(20(25)21(23)26)19(24)13-8-4-3-5-9-13/h3-11,16,18,24H,12H2,1-2H3/t18-/m0/s1. The van der Waals surface area contributed by atoms with Gasteiger partial charge in [-0.25, -0.2) is 0 Å². The third kappa shape index (κ3) is 3.67. The molecule has 1 aliphatic heterocycles. The first-order chi connectivity index (χ1) is 13.5. The molecule has 0 spiro atoms. The highest BCUT2D eigenvalue weighted by Crippen LogP contribution is 2.41. The highest BCUT2D eigenvalue weighted by atomic mass is 35.5. The summed E-state index contributed by atoms with van der Waals surface area (Å²) in [5.41, 5.74) is 0.953. The highest BCUT2D eigenvalue weighted by molar-refractivity contribution is 6.47. The smallest absolute Gasteiger partial charge is 0.295 e. The lowest BCUT2D eigenvalue weighted by Gasteiger charge is -2.28. The Kier molecular flexibility index (Phi) is 6.14. The Hall–Kier alpha value is -2.67. The first-order valence-corrected chi connectivity index (χ1v) is 9.01. The zero-order valence-corrected chi connectivity index (χ0v) is 16.2. The van der Waals surface area contributed by atoms with Gasteiger partial charge < -0.3 is 19.5 Å². The van der Waals surface area contributed by atoms with Crippen molar-refractivity contribution in [1.82, 2.24) is 4.90 Å². The summed E-state index contributed by atoms with van der Waals surface area (Å²) in [5.74, 6) is -1.78. The molecule has 1 fully saturated rings. The number of ketones is 1. The van der Waals surface area contributed by atoms with Crippen molar-refractivity contribution in [3.8, 4) is 0 Å². The molecule has 1 atom stereocenters. The Bertz CT molecular complexity index is 908. The van der Waals surface area contributed by atoms with Gasteiger partial charge in [0.05, 0.1) is 18.2 Å². The molecule has 0 bridgehead atoms. The number of rotatable bonds is 6. The van der Waals surface area contributed by atoms with Crippen LogP contribution in [0.15, 0.2) is 60.2 Å². The predicted molar refractivity (Wildman–Crippen MR) is 105 cm³/mol. The van der Waals surface area contributed by atoms with Crippen molar-refractivity contribution in [2.75, 3.05) is 20.8 Å². The maximum absolute atomic E-state index is 12.8. The molecule has 2 aromatic carbocycles.